The number of ether oxygens (including phenoxy) is 1. The van der Waals surface area contributed by atoms with Crippen molar-refractivity contribution < 1.29 is 22.7 Å². The lowest BCUT2D eigenvalue weighted by Crippen LogP contribution is -2.42. The predicted octanol–water partition coefficient (Wildman–Crippen LogP) is 5.06. The minimum Gasteiger partial charge on any atom is -0.443 e. The van der Waals surface area contributed by atoms with Gasteiger partial charge in [-0.25, -0.2) is 4.79 Å². The zero-order valence-electron chi connectivity index (χ0n) is 12.2. The molecule has 0 saturated carbocycles. The van der Waals surface area contributed by atoms with Gasteiger partial charge in [0.25, 0.3) is 0 Å². The van der Waals surface area contributed by atoms with E-state index in [-0.39, 0.29) is 5.69 Å². The maximum atomic E-state index is 12.7. The molecular weight excluding hydrogens is 351 g/mol. The number of rotatable bonds is 2. The lowest BCUT2D eigenvalue weighted by atomic mass is 10.2. The van der Waals surface area contributed by atoms with E-state index in [0.29, 0.717) is 9.37 Å². The van der Waals surface area contributed by atoms with Crippen molar-refractivity contribution in [2.75, 3.05) is 11.4 Å². The molecule has 0 aliphatic carbocycles. The molecule has 0 spiro atoms. The number of benzene rings is 1. The van der Waals surface area contributed by atoms with E-state index < -0.39 is 24.4 Å². The summed E-state index contributed by atoms with van der Waals surface area (Å²) in [5.41, 5.74) is -0.00862. The van der Waals surface area contributed by atoms with Crippen LogP contribution in [0.5, 0.6) is 0 Å². The SMILES string of the molecule is Cc1cc(Br)cc(N(CC(F)(F)F)C(=O)OC(C)(C)C)c1. The molecule has 118 valence electrons. The molecule has 0 heterocycles. The average molecular weight is 368 g/mol. The summed E-state index contributed by atoms with van der Waals surface area (Å²) in [7, 11) is 0. The molecule has 7 heteroatoms. The molecule has 1 rings (SSSR count). The fraction of sp³-hybridized carbons (Fsp3) is 0.500. The summed E-state index contributed by atoms with van der Waals surface area (Å²) in [5, 5.41) is 0. The Morgan fingerprint density at radius 2 is 1.81 bits per heavy atom. The quantitative estimate of drug-likeness (QED) is 0.730. The van der Waals surface area contributed by atoms with Crippen molar-refractivity contribution in [2.45, 2.75) is 39.5 Å². The van der Waals surface area contributed by atoms with E-state index in [0.717, 1.165) is 5.56 Å². The van der Waals surface area contributed by atoms with Crippen molar-refractivity contribution in [3.8, 4) is 0 Å². The smallest absolute Gasteiger partial charge is 0.415 e. The first-order valence-electron chi connectivity index (χ1n) is 6.22. The fourth-order valence-electron chi connectivity index (χ4n) is 1.63. The number of carbonyl (C=O) groups is 1. The van der Waals surface area contributed by atoms with Crippen LogP contribution in [0.4, 0.5) is 23.7 Å². The maximum absolute atomic E-state index is 12.7. The van der Waals surface area contributed by atoms with Crippen LogP contribution in [0.1, 0.15) is 26.3 Å². The first kappa shape index (κ1) is 17.8. The van der Waals surface area contributed by atoms with Gasteiger partial charge in [0, 0.05) is 10.2 Å². The van der Waals surface area contributed by atoms with Crippen molar-refractivity contribution in [3.63, 3.8) is 0 Å². The second-order valence-electron chi connectivity index (χ2n) is 5.67. The summed E-state index contributed by atoms with van der Waals surface area (Å²) in [5.74, 6) is 0. The van der Waals surface area contributed by atoms with Crippen LogP contribution in [0.3, 0.4) is 0 Å². The zero-order chi connectivity index (χ0) is 16.4. The highest BCUT2D eigenvalue weighted by Gasteiger charge is 2.36. The van der Waals surface area contributed by atoms with Crippen LogP contribution < -0.4 is 4.90 Å². The molecule has 0 aliphatic rings. The minimum absolute atomic E-state index is 0.133. The van der Waals surface area contributed by atoms with Crippen LogP contribution in [0.2, 0.25) is 0 Å². The molecule has 0 bridgehead atoms. The summed E-state index contributed by atoms with van der Waals surface area (Å²) < 4.78 is 43.8. The standard InChI is InChI=1S/C14H17BrF3NO2/c1-9-5-10(15)7-11(6-9)19(8-14(16,17)18)12(20)21-13(2,3)4/h5-7H,8H2,1-4H3. The third kappa shape index (κ3) is 6.37. The zero-order valence-corrected chi connectivity index (χ0v) is 13.8. The summed E-state index contributed by atoms with van der Waals surface area (Å²) in [6.07, 6.45) is -5.55. The first-order chi connectivity index (χ1) is 9.37. The lowest BCUT2D eigenvalue weighted by molar-refractivity contribution is -0.119. The number of anilines is 1. The van der Waals surface area contributed by atoms with E-state index in [1.165, 1.54) is 12.1 Å². The van der Waals surface area contributed by atoms with Gasteiger partial charge >= 0.3 is 12.3 Å². The number of nitrogens with zero attached hydrogens (tertiary/aromatic N) is 1. The van der Waals surface area contributed by atoms with Gasteiger partial charge in [-0.15, -0.1) is 0 Å². The monoisotopic (exact) mass is 367 g/mol. The maximum Gasteiger partial charge on any atom is 0.415 e. The van der Waals surface area contributed by atoms with E-state index >= 15 is 0 Å². The average Bonchev–Trinajstić information content (AvgIpc) is 2.20. The van der Waals surface area contributed by atoms with Gasteiger partial charge in [0.2, 0.25) is 0 Å². The molecule has 0 aromatic heterocycles. The van der Waals surface area contributed by atoms with Crippen LogP contribution in [-0.2, 0) is 4.74 Å². The number of amides is 1. The fourth-order valence-corrected chi connectivity index (χ4v) is 2.23. The highest BCUT2D eigenvalue weighted by Crippen LogP contribution is 2.27. The normalized spacial score (nSPS) is 12.2. The Kier molecular flexibility index (Phi) is 5.30. The van der Waals surface area contributed by atoms with Gasteiger partial charge in [-0.3, -0.25) is 4.90 Å². The molecule has 3 nitrogen and oxygen atoms in total. The largest absolute Gasteiger partial charge is 0.443 e. The lowest BCUT2D eigenvalue weighted by Gasteiger charge is -2.28. The molecule has 1 amide bonds. The molecule has 0 aliphatic heterocycles. The van der Waals surface area contributed by atoms with Crippen LogP contribution in [0.15, 0.2) is 22.7 Å². The summed E-state index contributed by atoms with van der Waals surface area (Å²) >= 11 is 3.21. The Bertz CT molecular complexity index is 504. The Morgan fingerprint density at radius 3 is 2.24 bits per heavy atom. The minimum atomic E-state index is -4.52. The Hall–Kier alpha value is -1.24. The van der Waals surface area contributed by atoms with Gasteiger partial charge in [0.05, 0.1) is 0 Å². The van der Waals surface area contributed by atoms with Crippen LogP contribution in [0.25, 0.3) is 0 Å². The Labute approximate surface area is 130 Å². The number of hydrogen-bond donors (Lipinski definition) is 0. The van der Waals surface area contributed by atoms with Crippen molar-refractivity contribution >= 4 is 27.7 Å². The summed E-state index contributed by atoms with van der Waals surface area (Å²) in [6.45, 7) is 5.13. The van der Waals surface area contributed by atoms with Crippen molar-refractivity contribution in [1.29, 1.82) is 0 Å². The molecule has 21 heavy (non-hydrogen) atoms. The highest BCUT2D eigenvalue weighted by molar-refractivity contribution is 9.10. The van der Waals surface area contributed by atoms with Crippen molar-refractivity contribution in [3.05, 3.63) is 28.2 Å². The summed E-state index contributed by atoms with van der Waals surface area (Å²) in [6, 6.07) is 4.69. The van der Waals surface area contributed by atoms with Gasteiger partial charge in [0.1, 0.15) is 12.1 Å². The number of aryl methyl sites for hydroxylation is 1. The van der Waals surface area contributed by atoms with Gasteiger partial charge in [-0.1, -0.05) is 15.9 Å². The third-order valence-corrected chi connectivity index (χ3v) is 2.75. The van der Waals surface area contributed by atoms with E-state index in [1.54, 1.807) is 33.8 Å². The Morgan fingerprint density at radius 1 is 1.24 bits per heavy atom. The molecule has 0 N–H and O–H groups in total. The second-order valence-corrected chi connectivity index (χ2v) is 6.58. The number of halogens is 4. The van der Waals surface area contributed by atoms with Gasteiger partial charge in [0.15, 0.2) is 0 Å². The number of alkyl halides is 3. The molecule has 0 radical (unpaired) electrons. The molecule has 0 unspecified atom stereocenters. The van der Waals surface area contributed by atoms with Crippen molar-refractivity contribution in [2.24, 2.45) is 0 Å². The van der Waals surface area contributed by atoms with E-state index in [4.69, 9.17) is 4.74 Å². The predicted molar refractivity (Wildman–Crippen MR) is 78.5 cm³/mol. The van der Waals surface area contributed by atoms with Crippen LogP contribution in [-0.4, -0.2) is 24.4 Å². The molecule has 1 aromatic rings. The summed E-state index contributed by atoms with van der Waals surface area (Å²) in [4.78, 5) is 12.6. The second kappa shape index (κ2) is 6.25. The van der Waals surface area contributed by atoms with Crippen LogP contribution >= 0.6 is 15.9 Å². The van der Waals surface area contributed by atoms with Crippen molar-refractivity contribution in [1.82, 2.24) is 0 Å². The molecule has 0 fully saturated rings. The van der Waals surface area contributed by atoms with Gasteiger partial charge < -0.3 is 4.74 Å². The molecular formula is C14H17BrF3NO2. The molecule has 0 atom stereocenters. The Balaban J connectivity index is 3.16. The van der Waals surface area contributed by atoms with E-state index in [1.807, 2.05) is 0 Å². The molecule has 1 aromatic carbocycles. The topological polar surface area (TPSA) is 29.5 Å². The highest BCUT2D eigenvalue weighted by atomic mass is 79.9. The molecule has 0 saturated heterocycles. The van der Waals surface area contributed by atoms with Gasteiger partial charge in [-0.05, 0) is 51.5 Å². The number of hydrogen-bond acceptors (Lipinski definition) is 2. The third-order valence-electron chi connectivity index (χ3n) is 2.29. The number of carbonyl (C=O) groups excluding carboxylic acids is 1. The first-order valence-corrected chi connectivity index (χ1v) is 7.01. The van der Waals surface area contributed by atoms with Gasteiger partial charge in [-0.2, -0.15) is 13.2 Å². The van der Waals surface area contributed by atoms with E-state index in [9.17, 15) is 18.0 Å². The van der Waals surface area contributed by atoms with E-state index in [2.05, 4.69) is 15.9 Å². The van der Waals surface area contributed by atoms with Crippen LogP contribution in [0, 0.1) is 6.92 Å².